The Morgan fingerprint density at radius 3 is 3.17 bits per heavy atom. The van der Waals surface area contributed by atoms with Crippen molar-refractivity contribution >= 4 is 17.4 Å². The van der Waals surface area contributed by atoms with Gasteiger partial charge >= 0.3 is 0 Å². The van der Waals surface area contributed by atoms with Gasteiger partial charge in [0, 0.05) is 25.5 Å². The van der Waals surface area contributed by atoms with Gasteiger partial charge in [-0.3, -0.25) is 4.79 Å². The highest BCUT2D eigenvalue weighted by Crippen LogP contribution is 2.10. The Morgan fingerprint density at radius 2 is 2.44 bits per heavy atom. The lowest BCUT2D eigenvalue weighted by Crippen LogP contribution is -2.25. The summed E-state index contributed by atoms with van der Waals surface area (Å²) in [5.41, 5.74) is 0.770. The largest absolute Gasteiger partial charge is 0.351 e. The Bertz CT molecular complexity index is 493. The maximum Gasteiger partial charge on any atom is 0.264 e. The molecule has 0 bridgehead atoms. The molecule has 0 spiro atoms. The van der Waals surface area contributed by atoms with Gasteiger partial charge in [-0.05, 0) is 24.4 Å². The van der Waals surface area contributed by atoms with E-state index in [1.165, 1.54) is 0 Å². The number of carbonyl (C=O) groups is 1. The summed E-state index contributed by atoms with van der Waals surface area (Å²) in [7, 11) is 0. The van der Waals surface area contributed by atoms with E-state index in [2.05, 4.69) is 19.9 Å². The molecule has 2 rings (SSSR count). The molecular formula is C11H15N5OS. The summed E-state index contributed by atoms with van der Waals surface area (Å²) in [4.78, 5) is 16.4. The number of hydrogen-bond donors (Lipinski definition) is 1. The number of rotatable bonds is 6. The molecule has 0 unspecified atom stereocenters. The molecule has 0 radical (unpaired) electrons. The van der Waals surface area contributed by atoms with Gasteiger partial charge in [0.15, 0.2) is 0 Å². The van der Waals surface area contributed by atoms with Gasteiger partial charge < -0.3 is 9.88 Å². The number of aryl methyl sites for hydroxylation is 2. The van der Waals surface area contributed by atoms with Crippen molar-refractivity contribution in [3.63, 3.8) is 0 Å². The summed E-state index contributed by atoms with van der Waals surface area (Å²) in [6.07, 6.45) is 7.02. The highest BCUT2D eigenvalue weighted by atomic mass is 32.1. The van der Waals surface area contributed by atoms with Gasteiger partial charge in [-0.1, -0.05) is 11.4 Å². The average Bonchev–Trinajstić information content (AvgIpc) is 3.04. The van der Waals surface area contributed by atoms with E-state index in [0.717, 1.165) is 36.6 Å². The van der Waals surface area contributed by atoms with E-state index in [0.29, 0.717) is 11.4 Å². The van der Waals surface area contributed by atoms with Crippen LogP contribution in [-0.2, 0) is 13.0 Å². The number of nitrogens with zero attached hydrogens (tertiary/aromatic N) is 4. The van der Waals surface area contributed by atoms with Crippen molar-refractivity contribution in [2.45, 2.75) is 26.3 Å². The maximum atomic E-state index is 11.8. The Kier molecular flexibility index (Phi) is 4.40. The second-order valence-electron chi connectivity index (χ2n) is 3.81. The fourth-order valence-corrected chi connectivity index (χ4v) is 2.24. The molecule has 0 aliphatic heterocycles. The lowest BCUT2D eigenvalue weighted by Gasteiger charge is -2.04. The summed E-state index contributed by atoms with van der Waals surface area (Å²) in [5.74, 6) is -0.0764. The number of imidazole rings is 1. The van der Waals surface area contributed by atoms with Crippen LogP contribution < -0.4 is 5.32 Å². The average molecular weight is 265 g/mol. The third-order valence-corrected chi connectivity index (χ3v) is 3.30. The molecule has 6 nitrogen and oxygen atoms in total. The summed E-state index contributed by atoms with van der Waals surface area (Å²) in [5, 5.41) is 6.80. The van der Waals surface area contributed by atoms with Crippen molar-refractivity contribution in [3.05, 3.63) is 29.3 Å². The molecule has 0 saturated carbocycles. The molecule has 2 heterocycles. The zero-order chi connectivity index (χ0) is 12.8. The first kappa shape index (κ1) is 12.7. The minimum atomic E-state index is -0.0764. The molecular weight excluding hydrogens is 250 g/mol. The van der Waals surface area contributed by atoms with E-state index in [4.69, 9.17) is 0 Å². The first-order valence-corrected chi connectivity index (χ1v) is 6.63. The second-order valence-corrected chi connectivity index (χ2v) is 4.57. The van der Waals surface area contributed by atoms with E-state index in [1.807, 2.05) is 17.7 Å². The van der Waals surface area contributed by atoms with Crippen LogP contribution in [0.25, 0.3) is 0 Å². The van der Waals surface area contributed by atoms with E-state index in [-0.39, 0.29) is 5.91 Å². The van der Waals surface area contributed by atoms with Crippen LogP contribution >= 0.6 is 11.5 Å². The zero-order valence-electron chi connectivity index (χ0n) is 10.2. The van der Waals surface area contributed by atoms with Crippen LogP contribution in [-0.4, -0.2) is 31.6 Å². The minimum absolute atomic E-state index is 0.0764. The predicted octanol–water partition coefficient (Wildman–Crippen LogP) is 1.12. The second kappa shape index (κ2) is 6.25. The van der Waals surface area contributed by atoms with Crippen LogP contribution in [0.5, 0.6) is 0 Å². The highest BCUT2D eigenvalue weighted by Gasteiger charge is 2.13. The summed E-state index contributed by atoms with van der Waals surface area (Å²) in [6, 6.07) is 0. The monoisotopic (exact) mass is 265 g/mol. The van der Waals surface area contributed by atoms with Crippen LogP contribution in [0.4, 0.5) is 0 Å². The van der Waals surface area contributed by atoms with Crippen LogP contribution in [0.2, 0.25) is 0 Å². The van der Waals surface area contributed by atoms with Gasteiger partial charge in [-0.15, -0.1) is 5.10 Å². The van der Waals surface area contributed by atoms with Crippen molar-refractivity contribution in [2.24, 2.45) is 0 Å². The van der Waals surface area contributed by atoms with Gasteiger partial charge in [0.25, 0.3) is 5.91 Å². The predicted molar refractivity (Wildman–Crippen MR) is 68.5 cm³/mol. The minimum Gasteiger partial charge on any atom is -0.351 e. The molecule has 0 fully saturated rings. The van der Waals surface area contributed by atoms with E-state index in [1.54, 1.807) is 12.5 Å². The normalized spacial score (nSPS) is 10.5. The third kappa shape index (κ3) is 3.13. The molecule has 7 heteroatoms. The SMILES string of the molecule is CCc1nnsc1C(=O)NCCCn1ccnc1. The Morgan fingerprint density at radius 1 is 1.56 bits per heavy atom. The molecule has 2 aromatic rings. The molecule has 1 N–H and O–H groups in total. The zero-order valence-corrected chi connectivity index (χ0v) is 11.0. The van der Waals surface area contributed by atoms with Gasteiger partial charge in [-0.2, -0.15) is 0 Å². The van der Waals surface area contributed by atoms with E-state index >= 15 is 0 Å². The van der Waals surface area contributed by atoms with Crippen molar-refractivity contribution in [1.29, 1.82) is 0 Å². The summed E-state index contributed by atoms with van der Waals surface area (Å²) in [6.45, 7) is 3.45. The van der Waals surface area contributed by atoms with Crippen molar-refractivity contribution in [2.75, 3.05) is 6.54 Å². The first-order valence-electron chi connectivity index (χ1n) is 5.86. The van der Waals surface area contributed by atoms with Crippen LogP contribution in [0.15, 0.2) is 18.7 Å². The van der Waals surface area contributed by atoms with Crippen LogP contribution in [0, 0.1) is 0 Å². The standard InChI is InChI=1S/C11H15N5OS/c1-2-9-10(18-15-14-9)11(17)13-4-3-6-16-7-5-12-8-16/h5,7-8H,2-4,6H2,1H3,(H,13,17). The number of hydrogen-bond acceptors (Lipinski definition) is 5. The number of aromatic nitrogens is 4. The molecule has 1 amide bonds. The molecule has 96 valence electrons. The van der Waals surface area contributed by atoms with Gasteiger partial charge in [0.2, 0.25) is 0 Å². The van der Waals surface area contributed by atoms with Gasteiger partial charge in [-0.25, -0.2) is 4.98 Å². The third-order valence-electron chi connectivity index (χ3n) is 2.53. The van der Waals surface area contributed by atoms with E-state index < -0.39 is 0 Å². The van der Waals surface area contributed by atoms with Gasteiger partial charge in [0.1, 0.15) is 4.88 Å². The quantitative estimate of drug-likeness (QED) is 0.794. The number of nitrogens with one attached hydrogen (secondary N) is 1. The molecule has 0 aliphatic carbocycles. The Hall–Kier alpha value is -1.76. The molecule has 0 atom stereocenters. The summed E-state index contributed by atoms with van der Waals surface area (Å²) >= 11 is 1.15. The maximum absolute atomic E-state index is 11.8. The van der Waals surface area contributed by atoms with Gasteiger partial charge in [0.05, 0.1) is 12.0 Å². The highest BCUT2D eigenvalue weighted by molar-refractivity contribution is 7.08. The fraction of sp³-hybridized carbons (Fsp3) is 0.455. The molecule has 0 aliphatic rings. The number of carbonyl (C=O) groups excluding carboxylic acids is 1. The Balaban J connectivity index is 1.75. The molecule has 2 aromatic heterocycles. The topological polar surface area (TPSA) is 72.7 Å². The Labute approximate surface area is 109 Å². The fourth-order valence-electron chi connectivity index (χ4n) is 1.58. The van der Waals surface area contributed by atoms with Crippen molar-refractivity contribution in [1.82, 2.24) is 24.5 Å². The van der Waals surface area contributed by atoms with Crippen molar-refractivity contribution in [3.8, 4) is 0 Å². The smallest absolute Gasteiger partial charge is 0.264 e. The van der Waals surface area contributed by atoms with Crippen LogP contribution in [0.3, 0.4) is 0 Å². The van der Waals surface area contributed by atoms with Crippen molar-refractivity contribution < 1.29 is 4.79 Å². The molecule has 0 aromatic carbocycles. The molecule has 18 heavy (non-hydrogen) atoms. The first-order chi connectivity index (χ1) is 8.81. The van der Waals surface area contributed by atoms with E-state index in [9.17, 15) is 4.79 Å². The lowest BCUT2D eigenvalue weighted by molar-refractivity contribution is 0.0955. The molecule has 0 saturated heterocycles. The summed E-state index contributed by atoms with van der Waals surface area (Å²) < 4.78 is 5.79. The lowest BCUT2D eigenvalue weighted by atomic mass is 10.3. The van der Waals surface area contributed by atoms with Crippen LogP contribution in [0.1, 0.15) is 28.7 Å². The number of amides is 1.